The van der Waals surface area contributed by atoms with Crippen LogP contribution in [0.15, 0.2) is 18.3 Å². The van der Waals surface area contributed by atoms with Crippen molar-refractivity contribution < 1.29 is 0 Å². The summed E-state index contributed by atoms with van der Waals surface area (Å²) in [6.07, 6.45) is 2.02. The lowest BCUT2D eigenvalue weighted by molar-refractivity contribution is 0.912. The van der Waals surface area contributed by atoms with Gasteiger partial charge in [-0.2, -0.15) is 0 Å². The van der Waals surface area contributed by atoms with Gasteiger partial charge in [0.25, 0.3) is 0 Å². The first kappa shape index (κ1) is 9.15. The van der Waals surface area contributed by atoms with Crippen LogP contribution in [0, 0.1) is 11.5 Å². The Morgan fingerprint density at radius 1 is 1.33 bits per heavy atom. The van der Waals surface area contributed by atoms with Gasteiger partial charge >= 0.3 is 0 Å². The fraction of sp³-hybridized carbons (Fsp3) is 0.400. The zero-order valence-electron chi connectivity index (χ0n) is 8.18. The Balaban J connectivity index is 2.87. The SMILES string of the molecule is Cn1cccc1C#C[Si](C)(C)C. The molecular formula is C10H15NSi. The van der Waals surface area contributed by atoms with Crippen molar-refractivity contribution in [2.45, 2.75) is 19.6 Å². The van der Waals surface area contributed by atoms with E-state index in [1.54, 1.807) is 0 Å². The Labute approximate surface area is 75.4 Å². The van der Waals surface area contributed by atoms with E-state index >= 15 is 0 Å². The molecule has 0 atom stereocenters. The van der Waals surface area contributed by atoms with Gasteiger partial charge in [-0.05, 0) is 12.1 Å². The van der Waals surface area contributed by atoms with E-state index in [4.69, 9.17) is 0 Å². The Hall–Kier alpha value is -0.943. The van der Waals surface area contributed by atoms with Crippen molar-refractivity contribution in [3.8, 4) is 11.5 Å². The summed E-state index contributed by atoms with van der Waals surface area (Å²) in [6.45, 7) is 6.76. The first-order chi connectivity index (χ1) is 5.49. The van der Waals surface area contributed by atoms with E-state index in [0.717, 1.165) is 5.69 Å². The van der Waals surface area contributed by atoms with Crippen molar-refractivity contribution in [2.75, 3.05) is 0 Å². The van der Waals surface area contributed by atoms with Gasteiger partial charge in [0, 0.05) is 13.2 Å². The zero-order valence-corrected chi connectivity index (χ0v) is 9.18. The maximum Gasteiger partial charge on any atom is 0.129 e. The van der Waals surface area contributed by atoms with E-state index in [-0.39, 0.29) is 0 Å². The van der Waals surface area contributed by atoms with Crippen LogP contribution in [0.5, 0.6) is 0 Å². The summed E-state index contributed by atoms with van der Waals surface area (Å²) in [6, 6.07) is 4.07. The van der Waals surface area contributed by atoms with Gasteiger partial charge in [-0.3, -0.25) is 0 Å². The third kappa shape index (κ3) is 2.59. The number of rotatable bonds is 0. The molecule has 0 spiro atoms. The molecule has 0 saturated heterocycles. The van der Waals surface area contributed by atoms with Crippen molar-refractivity contribution in [1.82, 2.24) is 4.57 Å². The Morgan fingerprint density at radius 3 is 2.42 bits per heavy atom. The summed E-state index contributed by atoms with van der Waals surface area (Å²) >= 11 is 0. The molecule has 0 saturated carbocycles. The summed E-state index contributed by atoms with van der Waals surface area (Å²) in [4.78, 5) is 0. The number of hydrogen-bond acceptors (Lipinski definition) is 0. The molecular weight excluding hydrogens is 162 g/mol. The second-order valence-corrected chi connectivity index (χ2v) is 8.75. The fourth-order valence-electron chi connectivity index (χ4n) is 0.843. The summed E-state index contributed by atoms with van der Waals surface area (Å²) in [5, 5.41) is 0. The topological polar surface area (TPSA) is 4.93 Å². The van der Waals surface area contributed by atoms with Crippen LogP contribution in [-0.4, -0.2) is 12.6 Å². The molecule has 0 aliphatic rings. The van der Waals surface area contributed by atoms with E-state index in [0.29, 0.717) is 0 Å². The van der Waals surface area contributed by atoms with Crippen LogP contribution >= 0.6 is 0 Å². The summed E-state index contributed by atoms with van der Waals surface area (Å²) in [5.41, 5.74) is 4.44. The van der Waals surface area contributed by atoms with Crippen LogP contribution in [0.1, 0.15) is 5.69 Å². The van der Waals surface area contributed by atoms with Crippen molar-refractivity contribution >= 4 is 8.07 Å². The molecule has 1 aromatic heterocycles. The second-order valence-electron chi connectivity index (χ2n) is 4.00. The molecule has 12 heavy (non-hydrogen) atoms. The van der Waals surface area contributed by atoms with Crippen molar-refractivity contribution in [1.29, 1.82) is 0 Å². The molecule has 1 nitrogen and oxygen atoms in total. The molecule has 0 bridgehead atoms. The molecule has 1 heterocycles. The molecule has 0 amide bonds. The predicted octanol–water partition coefficient (Wildman–Crippen LogP) is 2.25. The molecule has 2 heteroatoms. The maximum absolute atomic E-state index is 3.33. The molecule has 1 aromatic rings. The minimum atomic E-state index is -1.21. The van der Waals surface area contributed by atoms with Gasteiger partial charge in [-0.15, -0.1) is 5.54 Å². The minimum Gasteiger partial charge on any atom is -0.344 e. The van der Waals surface area contributed by atoms with Crippen LogP contribution in [0.2, 0.25) is 19.6 Å². The summed E-state index contributed by atoms with van der Waals surface area (Å²) in [5.74, 6) is 3.21. The quantitative estimate of drug-likeness (QED) is 0.423. The van der Waals surface area contributed by atoms with Gasteiger partial charge in [0.05, 0.1) is 5.69 Å². The molecule has 0 radical (unpaired) electrons. The largest absolute Gasteiger partial charge is 0.344 e. The van der Waals surface area contributed by atoms with Crippen LogP contribution in [0.3, 0.4) is 0 Å². The summed E-state index contributed by atoms with van der Waals surface area (Å²) in [7, 11) is 0.811. The normalized spacial score (nSPS) is 10.7. The van der Waals surface area contributed by atoms with Crippen LogP contribution in [0.25, 0.3) is 0 Å². The van der Waals surface area contributed by atoms with Gasteiger partial charge in [0.15, 0.2) is 0 Å². The standard InChI is InChI=1S/C10H15NSi/c1-11-8-5-6-10(11)7-9-12(2,3)4/h5-6,8H,1-4H3. The van der Waals surface area contributed by atoms with Crippen LogP contribution < -0.4 is 0 Å². The van der Waals surface area contributed by atoms with Gasteiger partial charge in [0.2, 0.25) is 0 Å². The molecule has 64 valence electrons. The lowest BCUT2D eigenvalue weighted by Crippen LogP contribution is -2.16. The second kappa shape index (κ2) is 3.20. The molecule has 1 rings (SSSR count). The average molecular weight is 177 g/mol. The average Bonchev–Trinajstić information content (AvgIpc) is 2.29. The number of aryl methyl sites for hydroxylation is 1. The number of nitrogens with zero attached hydrogens (tertiary/aromatic N) is 1. The van der Waals surface area contributed by atoms with Gasteiger partial charge < -0.3 is 4.57 Å². The zero-order chi connectivity index (χ0) is 9.19. The van der Waals surface area contributed by atoms with Crippen molar-refractivity contribution in [2.24, 2.45) is 7.05 Å². The fourth-order valence-corrected chi connectivity index (χ4v) is 1.35. The van der Waals surface area contributed by atoms with Crippen molar-refractivity contribution in [3.63, 3.8) is 0 Å². The number of hydrogen-bond donors (Lipinski definition) is 0. The third-order valence-corrected chi connectivity index (χ3v) is 2.38. The predicted molar refractivity (Wildman–Crippen MR) is 55.6 cm³/mol. The smallest absolute Gasteiger partial charge is 0.129 e. The lowest BCUT2D eigenvalue weighted by Gasteiger charge is -2.03. The van der Waals surface area contributed by atoms with Crippen LogP contribution in [0.4, 0.5) is 0 Å². The van der Waals surface area contributed by atoms with Gasteiger partial charge in [-0.1, -0.05) is 25.6 Å². The highest BCUT2D eigenvalue weighted by Crippen LogP contribution is 2.00. The van der Waals surface area contributed by atoms with E-state index in [2.05, 4.69) is 31.1 Å². The monoisotopic (exact) mass is 177 g/mol. The Bertz CT molecular complexity index is 320. The van der Waals surface area contributed by atoms with Crippen LogP contribution in [-0.2, 0) is 7.05 Å². The summed E-state index contributed by atoms with van der Waals surface area (Å²) < 4.78 is 2.05. The molecule has 0 fully saturated rings. The van der Waals surface area contributed by atoms with E-state index < -0.39 is 8.07 Å². The first-order valence-corrected chi connectivity index (χ1v) is 7.63. The minimum absolute atomic E-state index is 1.11. The van der Waals surface area contributed by atoms with Gasteiger partial charge in [-0.25, -0.2) is 0 Å². The van der Waals surface area contributed by atoms with E-state index in [1.165, 1.54) is 0 Å². The molecule has 0 aliphatic carbocycles. The van der Waals surface area contributed by atoms with E-state index in [1.807, 2.05) is 29.9 Å². The number of aromatic nitrogens is 1. The molecule has 0 aliphatic heterocycles. The molecule has 0 unspecified atom stereocenters. The highest BCUT2D eigenvalue weighted by atomic mass is 28.3. The lowest BCUT2D eigenvalue weighted by atomic mass is 10.4. The van der Waals surface area contributed by atoms with E-state index in [9.17, 15) is 0 Å². The highest BCUT2D eigenvalue weighted by Gasteiger charge is 2.07. The molecule has 0 aromatic carbocycles. The third-order valence-electron chi connectivity index (χ3n) is 1.51. The Kier molecular flexibility index (Phi) is 2.44. The van der Waals surface area contributed by atoms with Gasteiger partial charge in [0.1, 0.15) is 8.07 Å². The Morgan fingerprint density at radius 2 is 2.00 bits per heavy atom. The maximum atomic E-state index is 3.33. The van der Waals surface area contributed by atoms with Crippen molar-refractivity contribution in [3.05, 3.63) is 24.0 Å². The molecule has 0 N–H and O–H groups in total. The highest BCUT2D eigenvalue weighted by molar-refractivity contribution is 6.83. The first-order valence-electron chi connectivity index (χ1n) is 4.13.